The zero-order valence-electron chi connectivity index (χ0n) is 18.5. The number of hydrogen-bond acceptors (Lipinski definition) is 4. The fourth-order valence-electron chi connectivity index (χ4n) is 4.17. The predicted molar refractivity (Wildman–Crippen MR) is 123 cm³/mol. The summed E-state index contributed by atoms with van der Waals surface area (Å²) in [6, 6.07) is 8.47. The first kappa shape index (κ1) is 22.8. The average molecular weight is 431 g/mol. The Bertz CT molecular complexity index is 866. The standard InChI is InChI=1S/C24H34N2O3S/c1-15(2)26-24(28)23-22(19-7-5-6-8-20(19)30-23)18-11-9-17(10-12-18)13-25-21(27)14-29-16(3)4/h5-8,15-18H,9-14H2,1-4H3,(H,25,27)(H,26,28). The molecule has 30 heavy (non-hydrogen) atoms. The van der Waals surface area contributed by atoms with Crippen LogP contribution < -0.4 is 10.6 Å². The van der Waals surface area contributed by atoms with Crippen molar-refractivity contribution in [2.24, 2.45) is 5.92 Å². The smallest absolute Gasteiger partial charge is 0.261 e. The Balaban J connectivity index is 1.65. The molecule has 6 heteroatoms. The van der Waals surface area contributed by atoms with E-state index < -0.39 is 0 Å². The summed E-state index contributed by atoms with van der Waals surface area (Å²) < 4.78 is 6.55. The number of carbonyl (C=O) groups is 2. The summed E-state index contributed by atoms with van der Waals surface area (Å²) in [5.41, 5.74) is 1.22. The summed E-state index contributed by atoms with van der Waals surface area (Å²) in [7, 11) is 0. The number of nitrogens with one attached hydrogen (secondary N) is 2. The van der Waals surface area contributed by atoms with Crippen molar-refractivity contribution in [1.82, 2.24) is 10.6 Å². The van der Waals surface area contributed by atoms with Crippen LogP contribution in [-0.4, -0.2) is 37.1 Å². The van der Waals surface area contributed by atoms with Crippen LogP contribution in [0.2, 0.25) is 0 Å². The summed E-state index contributed by atoms with van der Waals surface area (Å²) in [5.74, 6) is 0.885. The number of rotatable bonds is 8. The molecule has 1 fully saturated rings. The summed E-state index contributed by atoms with van der Waals surface area (Å²) in [6.07, 6.45) is 4.28. The third kappa shape index (κ3) is 5.82. The Labute approximate surface area is 183 Å². The highest BCUT2D eigenvalue weighted by molar-refractivity contribution is 7.21. The fourth-order valence-corrected chi connectivity index (χ4v) is 5.37. The largest absolute Gasteiger partial charge is 0.369 e. The highest BCUT2D eigenvalue weighted by Crippen LogP contribution is 2.43. The van der Waals surface area contributed by atoms with Crippen molar-refractivity contribution < 1.29 is 14.3 Å². The van der Waals surface area contributed by atoms with Crippen LogP contribution in [0, 0.1) is 5.92 Å². The van der Waals surface area contributed by atoms with Crippen LogP contribution in [0.5, 0.6) is 0 Å². The van der Waals surface area contributed by atoms with Crippen LogP contribution in [0.4, 0.5) is 0 Å². The monoisotopic (exact) mass is 430 g/mol. The molecule has 1 heterocycles. The summed E-state index contributed by atoms with van der Waals surface area (Å²) in [6.45, 7) is 8.68. The van der Waals surface area contributed by atoms with Crippen LogP contribution in [0.25, 0.3) is 10.1 Å². The molecule has 1 aromatic carbocycles. The second kappa shape index (κ2) is 10.4. The molecule has 2 N–H and O–H groups in total. The van der Waals surface area contributed by atoms with Crippen LogP contribution in [0.1, 0.15) is 74.5 Å². The molecule has 0 spiro atoms. The number of carbonyl (C=O) groups excluding carboxylic acids is 2. The Kier molecular flexibility index (Phi) is 7.89. The molecule has 0 radical (unpaired) electrons. The third-order valence-electron chi connectivity index (χ3n) is 5.65. The van der Waals surface area contributed by atoms with Crippen LogP contribution in [0.3, 0.4) is 0 Å². The van der Waals surface area contributed by atoms with Crippen molar-refractivity contribution in [3.05, 3.63) is 34.7 Å². The first-order valence-corrected chi connectivity index (χ1v) is 11.9. The maximum Gasteiger partial charge on any atom is 0.261 e. The van der Waals surface area contributed by atoms with E-state index in [0.29, 0.717) is 18.4 Å². The Morgan fingerprint density at radius 3 is 2.47 bits per heavy atom. The van der Waals surface area contributed by atoms with E-state index in [4.69, 9.17) is 4.74 Å². The summed E-state index contributed by atoms with van der Waals surface area (Å²) in [4.78, 5) is 25.7. The fraction of sp³-hybridized carbons (Fsp3) is 0.583. The molecule has 2 amide bonds. The van der Waals surface area contributed by atoms with Crippen molar-refractivity contribution in [2.75, 3.05) is 13.2 Å². The minimum atomic E-state index is -0.0395. The highest BCUT2D eigenvalue weighted by atomic mass is 32.1. The highest BCUT2D eigenvalue weighted by Gasteiger charge is 2.29. The molecular formula is C24H34N2O3S. The van der Waals surface area contributed by atoms with E-state index in [9.17, 15) is 9.59 Å². The lowest BCUT2D eigenvalue weighted by Gasteiger charge is -2.29. The van der Waals surface area contributed by atoms with Gasteiger partial charge in [-0.05, 0) is 82.2 Å². The molecule has 1 aliphatic rings. The molecule has 5 nitrogen and oxygen atoms in total. The van der Waals surface area contributed by atoms with E-state index in [2.05, 4.69) is 28.8 Å². The molecule has 0 unspecified atom stereocenters. The van der Waals surface area contributed by atoms with E-state index >= 15 is 0 Å². The number of amides is 2. The molecule has 1 aliphatic carbocycles. The molecule has 0 atom stereocenters. The van der Waals surface area contributed by atoms with E-state index in [1.54, 1.807) is 11.3 Å². The Hall–Kier alpha value is -1.92. The molecular weight excluding hydrogens is 396 g/mol. The van der Waals surface area contributed by atoms with Gasteiger partial charge in [-0.2, -0.15) is 0 Å². The maximum absolute atomic E-state index is 12.9. The molecule has 1 aromatic heterocycles. The van der Waals surface area contributed by atoms with Crippen molar-refractivity contribution >= 4 is 33.2 Å². The van der Waals surface area contributed by atoms with Gasteiger partial charge in [-0.3, -0.25) is 9.59 Å². The number of hydrogen-bond donors (Lipinski definition) is 2. The third-order valence-corrected chi connectivity index (χ3v) is 6.84. The normalized spacial score (nSPS) is 19.4. The lowest BCUT2D eigenvalue weighted by Crippen LogP contribution is -2.34. The van der Waals surface area contributed by atoms with Crippen molar-refractivity contribution in [3.8, 4) is 0 Å². The van der Waals surface area contributed by atoms with Crippen LogP contribution in [-0.2, 0) is 9.53 Å². The second-order valence-electron chi connectivity index (χ2n) is 8.85. The van der Waals surface area contributed by atoms with Gasteiger partial charge in [0.2, 0.25) is 5.91 Å². The van der Waals surface area contributed by atoms with Crippen molar-refractivity contribution in [3.63, 3.8) is 0 Å². The average Bonchev–Trinajstić information content (AvgIpc) is 3.10. The second-order valence-corrected chi connectivity index (χ2v) is 9.90. The molecule has 0 aliphatic heterocycles. The van der Waals surface area contributed by atoms with Gasteiger partial charge in [-0.1, -0.05) is 18.2 Å². The van der Waals surface area contributed by atoms with E-state index in [1.165, 1.54) is 15.6 Å². The van der Waals surface area contributed by atoms with E-state index in [1.807, 2.05) is 33.8 Å². The van der Waals surface area contributed by atoms with E-state index in [-0.39, 0.29) is 30.6 Å². The first-order chi connectivity index (χ1) is 14.3. The van der Waals surface area contributed by atoms with Crippen LogP contribution >= 0.6 is 11.3 Å². The van der Waals surface area contributed by atoms with Crippen molar-refractivity contribution in [2.45, 2.75) is 71.4 Å². The quantitative estimate of drug-likeness (QED) is 0.629. The number of thiophene rings is 1. The summed E-state index contributed by atoms with van der Waals surface area (Å²) in [5, 5.41) is 7.31. The van der Waals surface area contributed by atoms with Crippen molar-refractivity contribution in [1.29, 1.82) is 0 Å². The predicted octanol–water partition coefficient (Wildman–Crippen LogP) is 4.85. The SMILES string of the molecule is CC(C)NC(=O)c1sc2ccccc2c1C1CCC(CNC(=O)COC(C)C)CC1. The minimum absolute atomic E-state index is 0.0395. The molecule has 1 saturated carbocycles. The van der Waals surface area contributed by atoms with Gasteiger partial charge in [0.25, 0.3) is 5.91 Å². The zero-order chi connectivity index (χ0) is 21.7. The van der Waals surface area contributed by atoms with Gasteiger partial charge in [0, 0.05) is 17.3 Å². The van der Waals surface area contributed by atoms with Gasteiger partial charge in [-0.25, -0.2) is 0 Å². The molecule has 0 bridgehead atoms. The minimum Gasteiger partial charge on any atom is -0.369 e. The van der Waals surface area contributed by atoms with E-state index in [0.717, 1.165) is 30.6 Å². The number of ether oxygens (including phenoxy) is 1. The number of benzene rings is 1. The molecule has 164 valence electrons. The van der Waals surface area contributed by atoms with Crippen LogP contribution in [0.15, 0.2) is 24.3 Å². The van der Waals surface area contributed by atoms with Gasteiger partial charge in [0.1, 0.15) is 6.61 Å². The lowest BCUT2D eigenvalue weighted by molar-refractivity contribution is -0.127. The Morgan fingerprint density at radius 1 is 1.10 bits per heavy atom. The first-order valence-electron chi connectivity index (χ1n) is 11.1. The maximum atomic E-state index is 12.9. The molecule has 0 saturated heterocycles. The summed E-state index contributed by atoms with van der Waals surface area (Å²) >= 11 is 1.61. The number of fused-ring (bicyclic) bond motifs is 1. The van der Waals surface area contributed by atoms with Gasteiger partial charge in [0.15, 0.2) is 0 Å². The van der Waals surface area contributed by atoms with Gasteiger partial charge >= 0.3 is 0 Å². The molecule has 2 aromatic rings. The molecule has 3 rings (SSSR count). The lowest BCUT2D eigenvalue weighted by atomic mass is 9.77. The van der Waals surface area contributed by atoms with Gasteiger partial charge < -0.3 is 15.4 Å². The van der Waals surface area contributed by atoms with Gasteiger partial charge in [-0.15, -0.1) is 11.3 Å². The topological polar surface area (TPSA) is 67.4 Å². The Morgan fingerprint density at radius 2 is 1.80 bits per heavy atom. The zero-order valence-corrected chi connectivity index (χ0v) is 19.3. The van der Waals surface area contributed by atoms with Gasteiger partial charge in [0.05, 0.1) is 11.0 Å².